The molecule has 2 aliphatic rings. The van der Waals surface area contributed by atoms with Gasteiger partial charge >= 0.3 is 0 Å². The first-order valence-electron chi connectivity index (χ1n) is 10.3. The number of carbonyl (C=O) groups is 1. The summed E-state index contributed by atoms with van der Waals surface area (Å²) in [6.07, 6.45) is 13.1. The van der Waals surface area contributed by atoms with E-state index in [1.807, 2.05) is 31.2 Å². The van der Waals surface area contributed by atoms with Crippen LogP contribution < -0.4 is 4.74 Å². The molecule has 1 aromatic carbocycles. The monoisotopic (exact) mass is 343 g/mol. The second-order valence-electron chi connectivity index (χ2n) is 7.64. The predicted molar refractivity (Wildman–Crippen MR) is 102 cm³/mol. The summed E-state index contributed by atoms with van der Waals surface area (Å²) in [7, 11) is 0. The van der Waals surface area contributed by atoms with Crippen LogP contribution in [0.4, 0.5) is 0 Å². The lowest BCUT2D eigenvalue weighted by Gasteiger charge is -2.42. The summed E-state index contributed by atoms with van der Waals surface area (Å²) in [5.74, 6) is 1.22. The summed E-state index contributed by atoms with van der Waals surface area (Å²) in [5.41, 5.74) is 1.10. The van der Waals surface area contributed by atoms with Gasteiger partial charge in [-0.2, -0.15) is 0 Å². The van der Waals surface area contributed by atoms with Gasteiger partial charge in [0.25, 0.3) is 0 Å². The van der Waals surface area contributed by atoms with Crippen molar-refractivity contribution in [2.24, 2.45) is 0 Å². The van der Waals surface area contributed by atoms with Gasteiger partial charge in [-0.15, -0.1) is 0 Å². The normalized spacial score (nSPS) is 19.6. The van der Waals surface area contributed by atoms with Crippen LogP contribution in [0.3, 0.4) is 0 Å². The molecule has 1 amide bonds. The third kappa shape index (κ3) is 4.99. The molecule has 0 aliphatic heterocycles. The van der Waals surface area contributed by atoms with E-state index >= 15 is 0 Å². The molecule has 3 nitrogen and oxygen atoms in total. The Hall–Kier alpha value is -1.51. The van der Waals surface area contributed by atoms with E-state index in [0.717, 1.165) is 11.3 Å². The minimum atomic E-state index is 0.336. The van der Waals surface area contributed by atoms with Gasteiger partial charge in [0.15, 0.2) is 0 Å². The molecule has 0 aromatic heterocycles. The molecule has 2 saturated carbocycles. The van der Waals surface area contributed by atoms with Crippen molar-refractivity contribution < 1.29 is 9.53 Å². The molecule has 25 heavy (non-hydrogen) atoms. The number of benzene rings is 1. The maximum atomic E-state index is 13.2. The summed E-state index contributed by atoms with van der Waals surface area (Å²) in [4.78, 5) is 15.5. The predicted octanol–water partition coefficient (Wildman–Crippen LogP) is 5.12. The Kier molecular flexibility index (Phi) is 6.77. The molecule has 0 radical (unpaired) electrons. The Morgan fingerprint density at radius 2 is 1.44 bits per heavy atom. The lowest BCUT2D eigenvalue weighted by molar-refractivity contribution is -0.137. The number of hydrogen-bond donors (Lipinski definition) is 0. The quantitative estimate of drug-likeness (QED) is 0.717. The molecule has 3 rings (SSSR count). The highest BCUT2D eigenvalue weighted by molar-refractivity contribution is 5.79. The number of rotatable bonds is 6. The third-order valence-corrected chi connectivity index (χ3v) is 5.81. The van der Waals surface area contributed by atoms with Crippen LogP contribution in [0, 0.1) is 0 Å². The van der Waals surface area contributed by atoms with Gasteiger partial charge in [-0.05, 0) is 50.3 Å². The van der Waals surface area contributed by atoms with E-state index in [1.165, 1.54) is 64.2 Å². The van der Waals surface area contributed by atoms with E-state index in [9.17, 15) is 4.79 Å². The fourth-order valence-corrected chi connectivity index (χ4v) is 4.56. The number of carbonyl (C=O) groups excluding carboxylic acids is 1. The third-order valence-electron chi connectivity index (χ3n) is 5.81. The molecule has 3 heteroatoms. The first-order chi connectivity index (χ1) is 12.3. The summed E-state index contributed by atoms with van der Waals surface area (Å²) in [5, 5.41) is 0. The zero-order chi connectivity index (χ0) is 17.5. The minimum Gasteiger partial charge on any atom is -0.494 e. The number of ether oxygens (including phenoxy) is 1. The molecule has 0 heterocycles. The molecular formula is C22H33NO2. The maximum Gasteiger partial charge on any atom is 0.227 e. The Morgan fingerprint density at radius 1 is 0.920 bits per heavy atom. The van der Waals surface area contributed by atoms with Crippen molar-refractivity contribution in [3.8, 4) is 5.75 Å². The van der Waals surface area contributed by atoms with Crippen molar-refractivity contribution in [1.82, 2.24) is 4.90 Å². The van der Waals surface area contributed by atoms with Crippen LogP contribution >= 0.6 is 0 Å². The Labute approximate surface area is 152 Å². The molecule has 2 aliphatic carbocycles. The smallest absolute Gasteiger partial charge is 0.227 e. The van der Waals surface area contributed by atoms with E-state index in [4.69, 9.17) is 4.74 Å². The summed E-state index contributed by atoms with van der Waals surface area (Å²) < 4.78 is 5.51. The van der Waals surface area contributed by atoms with E-state index in [-0.39, 0.29) is 0 Å². The first-order valence-corrected chi connectivity index (χ1v) is 10.3. The molecule has 0 N–H and O–H groups in total. The van der Waals surface area contributed by atoms with E-state index in [2.05, 4.69) is 4.90 Å². The van der Waals surface area contributed by atoms with Gasteiger partial charge in [-0.1, -0.05) is 50.7 Å². The van der Waals surface area contributed by atoms with E-state index < -0.39 is 0 Å². The largest absolute Gasteiger partial charge is 0.494 e. The molecule has 138 valence electrons. The van der Waals surface area contributed by atoms with Gasteiger partial charge in [0, 0.05) is 12.1 Å². The Morgan fingerprint density at radius 3 is 1.92 bits per heavy atom. The maximum absolute atomic E-state index is 13.2. The van der Waals surface area contributed by atoms with Crippen LogP contribution in [0.15, 0.2) is 24.3 Å². The topological polar surface area (TPSA) is 29.5 Å². The van der Waals surface area contributed by atoms with Crippen LogP contribution in [-0.4, -0.2) is 29.5 Å². The Balaban J connectivity index is 1.68. The SMILES string of the molecule is CCOc1ccc(CC(=O)N(C2CCCCC2)C2CCCCC2)cc1. The van der Waals surface area contributed by atoms with Crippen LogP contribution in [0.25, 0.3) is 0 Å². The molecule has 0 unspecified atom stereocenters. The van der Waals surface area contributed by atoms with Gasteiger partial charge < -0.3 is 9.64 Å². The molecule has 0 bridgehead atoms. The standard InChI is InChI=1S/C22H33NO2/c1-2-25-21-15-13-18(14-16-21)17-22(24)23(19-9-5-3-6-10-19)20-11-7-4-8-12-20/h13-16,19-20H,2-12,17H2,1H3. The van der Waals surface area contributed by atoms with E-state index in [0.29, 0.717) is 31.0 Å². The zero-order valence-electron chi connectivity index (χ0n) is 15.7. The van der Waals surface area contributed by atoms with Gasteiger partial charge in [0.05, 0.1) is 13.0 Å². The lowest BCUT2D eigenvalue weighted by Crippen LogP contribution is -2.49. The molecule has 1 aromatic rings. The van der Waals surface area contributed by atoms with Crippen molar-refractivity contribution in [3.63, 3.8) is 0 Å². The van der Waals surface area contributed by atoms with Crippen molar-refractivity contribution in [2.75, 3.05) is 6.61 Å². The average Bonchev–Trinajstić information content (AvgIpc) is 2.66. The van der Waals surface area contributed by atoms with Gasteiger partial charge in [0.2, 0.25) is 5.91 Å². The highest BCUT2D eigenvalue weighted by atomic mass is 16.5. The number of amides is 1. The van der Waals surface area contributed by atoms with Crippen LogP contribution in [-0.2, 0) is 11.2 Å². The minimum absolute atomic E-state index is 0.336. The highest BCUT2D eigenvalue weighted by Gasteiger charge is 2.32. The first kappa shape index (κ1) is 18.3. The van der Waals surface area contributed by atoms with Crippen LogP contribution in [0.1, 0.15) is 76.7 Å². The molecule has 0 saturated heterocycles. The lowest BCUT2D eigenvalue weighted by atomic mass is 9.88. The van der Waals surface area contributed by atoms with Crippen molar-refractivity contribution >= 4 is 5.91 Å². The van der Waals surface area contributed by atoms with Gasteiger partial charge in [-0.25, -0.2) is 0 Å². The second kappa shape index (κ2) is 9.26. The fourth-order valence-electron chi connectivity index (χ4n) is 4.56. The van der Waals surface area contributed by atoms with E-state index in [1.54, 1.807) is 0 Å². The Bertz CT molecular complexity index is 509. The number of hydrogen-bond acceptors (Lipinski definition) is 2. The molecular weight excluding hydrogens is 310 g/mol. The zero-order valence-corrected chi connectivity index (χ0v) is 15.7. The van der Waals surface area contributed by atoms with Crippen LogP contribution in [0.2, 0.25) is 0 Å². The summed E-state index contributed by atoms with van der Waals surface area (Å²) in [6.45, 7) is 2.67. The second-order valence-corrected chi connectivity index (χ2v) is 7.64. The summed E-state index contributed by atoms with van der Waals surface area (Å²) >= 11 is 0. The highest BCUT2D eigenvalue weighted by Crippen LogP contribution is 2.31. The van der Waals surface area contributed by atoms with Gasteiger partial charge in [-0.3, -0.25) is 4.79 Å². The van der Waals surface area contributed by atoms with Gasteiger partial charge in [0.1, 0.15) is 5.75 Å². The summed E-state index contributed by atoms with van der Waals surface area (Å²) in [6, 6.07) is 9.01. The average molecular weight is 344 g/mol. The van der Waals surface area contributed by atoms with Crippen molar-refractivity contribution in [2.45, 2.75) is 89.6 Å². The van der Waals surface area contributed by atoms with Crippen molar-refractivity contribution in [1.29, 1.82) is 0 Å². The molecule has 0 atom stereocenters. The van der Waals surface area contributed by atoms with Crippen LogP contribution in [0.5, 0.6) is 5.75 Å². The number of nitrogens with zero attached hydrogens (tertiary/aromatic N) is 1. The van der Waals surface area contributed by atoms with Crippen molar-refractivity contribution in [3.05, 3.63) is 29.8 Å². The molecule has 0 spiro atoms. The fraction of sp³-hybridized carbons (Fsp3) is 0.682. The molecule has 2 fully saturated rings.